The highest BCUT2D eigenvalue weighted by Gasteiger charge is 2.36. The molecule has 0 atom stereocenters. The SMILES string of the molecule is Cc1cnc2ccc(CC3(CO)CCC3)cc2c1. The van der Waals surface area contributed by atoms with Crippen LogP contribution in [0.5, 0.6) is 0 Å². The first-order valence-corrected chi connectivity index (χ1v) is 6.67. The first kappa shape index (κ1) is 11.7. The molecule has 1 aromatic heterocycles. The summed E-state index contributed by atoms with van der Waals surface area (Å²) in [5.41, 5.74) is 3.73. The number of nitrogens with zero attached hydrogens (tertiary/aromatic N) is 1. The molecule has 2 aromatic rings. The van der Waals surface area contributed by atoms with E-state index in [9.17, 15) is 5.11 Å². The smallest absolute Gasteiger partial charge is 0.0702 e. The summed E-state index contributed by atoms with van der Waals surface area (Å²) < 4.78 is 0. The van der Waals surface area contributed by atoms with Crippen LogP contribution in [0, 0.1) is 12.3 Å². The van der Waals surface area contributed by atoms with Crippen molar-refractivity contribution in [3.8, 4) is 0 Å². The zero-order valence-electron chi connectivity index (χ0n) is 10.8. The zero-order chi connectivity index (χ0) is 12.6. The Hall–Kier alpha value is -1.41. The molecule has 1 fully saturated rings. The summed E-state index contributed by atoms with van der Waals surface area (Å²) in [4.78, 5) is 4.42. The minimum Gasteiger partial charge on any atom is -0.396 e. The van der Waals surface area contributed by atoms with Crippen molar-refractivity contribution in [1.82, 2.24) is 4.98 Å². The van der Waals surface area contributed by atoms with Crippen molar-refractivity contribution in [3.05, 3.63) is 41.6 Å². The molecule has 18 heavy (non-hydrogen) atoms. The number of hydrogen-bond donors (Lipinski definition) is 1. The normalized spacial score (nSPS) is 17.7. The molecule has 0 spiro atoms. The summed E-state index contributed by atoms with van der Waals surface area (Å²) in [5.74, 6) is 0. The average Bonchev–Trinajstić information content (AvgIpc) is 2.33. The highest BCUT2D eigenvalue weighted by molar-refractivity contribution is 5.79. The van der Waals surface area contributed by atoms with E-state index < -0.39 is 0 Å². The number of rotatable bonds is 3. The van der Waals surface area contributed by atoms with Gasteiger partial charge in [-0.1, -0.05) is 12.5 Å². The molecule has 2 heteroatoms. The minimum atomic E-state index is 0.158. The van der Waals surface area contributed by atoms with E-state index in [1.807, 2.05) is 6.20 Å². The first-order valence-electron chi connectivity index (χ1n) is 6.67. The molecule has 1 heterocycles. The highest BCUT2D eigenvalue weighted by Crippen LogP contribution is 2.43. The molecule has 1 aliphatic carbocycles. The van der Waals surface area contributed by atoms with Crippen LogP contribution in [-0.4, -0.2) is 16.7 Å². The summed E-state index contributed by atoms with van der Waals surface area (Å²) in [5, 5.41) is 10.8. The maximum Gasteiger partial charge on any atom is 0.0702 e. The van der Waals surface area contributed by atoms with Crippen molar-refractivity contribution in [3.63, 3.8) is 0 Å². The number of aliphatic hydroxyl groups excluding tert-OH is 1. The maximum absolute atomic E-state index is 9.54. The zero-order valence-corrected chi connectivity index (χ0v) is 10.8. The Morgan fingerprint density at radius 3 is 2.78 bits per heavy atom. The van der Waals surface area contributed by atoms with Crippen LogP contribution < -0.4 is 0 Å². The molecule has 2 nitrogen and oxygen atoms in total. The lowest BCUT2D eigenvalue weighted by Gasteiger charge is -2.40. The monoisotopic (exact) mass is 241 g/mol. The number of hydrogen-bond acceptors (Lipinski definition) is 2. The fourth-order valence-corrected chi connectivity index (χ4v) is 2.90. The maximum atomic E-state index is 9.54. The van der Waals surface area contributed by atoms with Crippen molar-refractivity contribution in [2.75, 3.05) is 6.61 Å². The topological polar surface area (TPSA) is 33.1 Å². The molecule has 0 aliphatic heterocycles. The van der Waals surface area contributed by atoms with Gasteiger partial charge in [0.1, 0.15) is 0 Å². The second-order valence-electron chi connectivity index (χ2n) is 5.73. The number of pyridine rings is 1. The molecule has 1 aliphatic rings. The van der Waals surface area contributed by atoms with Gasteiger partial charge in [-0.3, -0.25) is 4.98 Å². The van der Waals surface area contributed by atoms with Crippen LogP contribution in [0.1, 0.15) is 30.4 Å². The fourth-order valence-electron chi connectivity index (χ4n) is 2.90. The third-order valence-electron chi connectivity index (χ3n) is 4.21. The van der Waals surface area contributed by atoms with Gasteiger partial charge in [0.15, 0.2) is 0 Å². The molecular formula is C16H19NO. The van der Waals surface area contributed by atoms with Crippen molar-refractivity contribution < 1.29 is 5.11 Å². The Kier molecular flexibility index (Phi) is 2.83. The van der Waals surface area contributed by atoms with Gasteiger partial charge >= 0.3 is 0 Å². The van der Waals surface area contributed by atoms with E-state index in [1.165, 1.54) is 22.9 Å². The molecule has 0 saturated heterocycles. The standard InChI is InChI=1S/C16H19NO/c1-12-7-14-8-13(3-4-15(14)17-10-12)9-16(11-18)5-2-6-16/h3-4,7-8,10,18H,2,5-6,9,11H2,1H3. The lowest BCUT2D eigenvalue weighted by molar-refractivity contribution is 0.0450. The van der Waals surface area contributed by atoms with Crippen molar-refractivity contribution in [2.24, 2.45) is 5.41 Å². The van der Waals surface area contributed by atoms with Gasteiger partial charge in [-0.05, 0) is 60.9 Å². The summed E-state index contributed by atoms with van der Waals surface area (Å²) in [6, 6.07) is 8.65. The number of aromatic nitrogens is 1. The van der Waals surface area contributed by atoms with Gasteiger partial charge in [0, 0.05) is 18.2 Å². The van der Waals surface area contributed by atoms with Crippen LogP contribution in [0.25, 0.3) is 10.9 Å². The van der Waals surface area contributed by atoms with Crippen LogP contribution in [0.4, 0.5) is 0 Å². The summed E-state index contributed by atoms with van der Waals surface area (Å²) in [6.45, 7) is 2.39. The number of fused-ring (bicyclic) bond motifs is 1. The quantitative estimate of drug-likeness (QED) is 0.894. The van der Waals surface area contributed by atoms with Crippen LogP contribution in [-0.2, 0) is 6.42 Å². The molecule has 3 rings (SSSR count). The number of aliphatic hydroxyl groups is 1. The second-order valence-corrected chi connectivity index (χ2v) is 5.73. The van der Waals surface area contributed by atoms with Crippen LogP contribution in [0.3, 0.4) is 0 Å². The van der Waals surface area contributed by atoms with E-state index >= 15 is 0 Å². The lowest BCUT2D eigenvalue weighted by Crippen LogP contribution is -2.35. The molecule has 1 aromatic carbocycles. The van der Waals surface area contributed by atoms with Gasteiger partial charge in [-0.2, -0.15) is 0 Å². The fraction of sp³-hybridized carbons (Fsp3) is 0.438. The molecule has 94 valence electrons. The Morgan fingerprint density at radius 1 is 1.28 bits per heavy atom. The van der Waals surface area contributed by atoms with Crippen molar-refractivity contribution in [2.45, 2.75) is 32.6 Å². The van der Waals surface area contributed by atoms with Gasteiger partial charge in [0.2, 0.25) is 0 Å². The van der Waals surface area contributed by atoms with E-state index in [-0.39, 0.29) is 5.41 Å². The molecule has 1 N–H and O–H groups in total. The molecule has 0 radical (unpaired) electrons. The molecule has 1 saturated carbocycles. The van der Waals surface area contributed by atoms with E-state index in [0.717, 1.165) is 24.8 Å². The average molecular weight is 241 g/mol. The third-order valence-corrected chi connectivity index (χ3v) is 4.21. The van der Waals surface area contributed by atoms with E-state index in [4.69, 9.17) is 0 Å². The predicted octanol–water partition coefficient (Wildman–Crippen LogP) is 3.25. The van der Waals surface area contributed by atoms with Gasteiger partial charge in [0.25, 0.3) is 0 Å². The summed E-state index contributed by atoms with van der Waals surface area (Å²) >= 11 is 0. The lowest BCUT2D eigenvalue weighted by atomic mass is 9.66. The molecular weight excluding hydrogens is 222 g/mol. The van der Waals surface area contributed by atoms with Crippen LogP contribution >= 0.6 is 0 Å². The molecule has 0 unspecified atom stereocenters. The number of aryl methyl sites for hydroxylation is 1. The van der Waals surface area contributed by atoms with Crippen LogP contribution in [0.2, 0.25) is 0 Å². The summed E-state index contributed by atoms with van der Waals surface area (Å²) in [7, 11) is 0. The highest BCUT2D eigenvalue weighted by atomic mass is 16.3. The van der Waals surface area contributed by atoms with Gasteiger partial charge in [0.05, 0.1) is 5.52 Å². The summed E-state index contributed by atoms with van der Waals surface area (Å²) in [6.07, 6.45) is 6.48. The Morgan fingerprint density at radius 2 is 2.11 bits per heavy atom. The Bertz CT molecular complexity index is 567. The van der Waals surface area contributed by atoms with E-state index in [1.54, 1.807) is 0 Å². The van der Waals surface area contributed by atoms with E-state index in [0.29, 0.717) is 6.61 Å². The predicted molar refractivity (Wildman–Crippen MR) is 73.6 cm³/mol. The largest absolute Gasteiger partial charge is 0.396 e. The second kappa shape index (κ2) is 4.36. The number of benzene rings is 1. The van der Waals surface area contributed by atoms with Gasteiger partial charge in [-0.25, -0.2) is 0 Å². The van der Waals surface area contributed by atoms with E-state index in [2.05, 4.69) is 36.2 Å². The van der Waals surface area contributed by atoms with Crippen molar-refractivity contribution >= 4 is 10.9 Å². The van der Waals surface area contributed by atoms with Crippen molar-refractivity contribution in [1.29, 1.82) is 0 Å². The minimum absolute atomic E-state index is 0.158. The first-order chi connectivity index (χ1) is 8.71. The third kappa shape index (κ3) is 2.01. The van der Waals surface area contributed by atoms with Gasteiger partial charge < -0.3 is 5.11 Å². The molecule has 0 bridgehead atoms. The van der Waals surface area contributed by atoms with Gasteiger partial charge in [-0.15, -0.1) is 0 Å². The molecule has 0 amide bonds. The Balaban J connectivity index is 1.93. The Labute approximate surface area is 108 Å². The van der Waals surface area contributed by atoms with Crippen LogP contribution in [0.15, 0.2) is 30.5 Å².